The summed E-state index contributed by atoms with van der Waals surface area (Å²) in [5, 5.41) is 29.2. The van der Waals surface area contributed by atoms with Crippen LogP contribution in [0.3, 0.4) is 0 Å². The van der Waals surface area contributed by atoms with Crippen LogP contribution in [-0.2, 0) is 4.74 Å². The first-order chi connectivity index (χ1) is 11.0. The van der Waals surface area contributed by atoms with Crippen molar-refractivity contribution in [2.24, 2.45) is 0 Å². The summed E-state index contributed by atoms with van der Waals surface area (Å²) >= 11 is 0. The van der Waals surface area contributed by atoms with E-state index in [1.807, 2.05) is 25.2 Å². The molecule has 3 N–H and O–H groups in total. The number of rotatable bonds is 4. The molecule has 3 rings (SSSR count). The zero-order valence-electron chi connectivity index (χ0n) is 12.8. The lowest BCUT2D eigenvalue weighted by atomic mass is 10.1. The van der Waals surface area contributed by atoms with Crippen molar-refractivity contribution in [2.75, 3.05) is 20.7 Å². The third-order valence-corrected chi connectivity index (χ3v) is 3.71. The molecular formula is C14H19N5O4. The van der Waals surface area contributed by atoms with Gasteiger partial charge in [0.25, 0.3) is 0 Å². The summed E-state index contributed by atoms with van der Waals surface area (Å²) < 4.78 is 7.05. The van der Waals surface area contributed by atoms with E-state index < -0.39 is 24.5 Å². The molecule has 0 spiro atoms. The molecular weight excluding hydrogens is 302 g/mol. The normalized spacial score (nSPS) is 28.0. The highest BCUT2D eigenvalue weighted by Crippen LogP contribution is 2.31. The van der Waals surface area contributed by atoms with Crippen LogP contribution >= 0.6 is 0 Å². The highest BCUT2D eigenvalue weighted by atomic mass is 16.6. The maximum absolute atomic E-state index is 10.1. The highest BCUT2D eigenvalue weighted by Gasteiger charge is 2.43. The van der Waals surface area contributed by atoms with Crippen LogP contribution in [0.2, 0.25) is 0 Å². The fraction of sp³-hybridized carbons (Fsp3) is 0.500. The van der Waals surface area contributed by atoms with Crippen molar-refractivity contribution in [1.82, 2.24) is 24.4 Å². The van der Waals surface area contributed by atoms with Gasteiger partial charge in [0.1, 0.15) is 30.2 Å². The van der Waals surface area contributed by atoms with E-state index in [1.165, 1.54) is 17.2 Å². The second-order valence-electron chi connectivity index (χ2n) is 5.59. The van der Waals surface area contributed by atoms with E-state index in [-0.39, 0.29) is 6.61 Å². The number of imidazole rings is 1. The van der Waals surface area contributed by atoms with Gasteiger partial charge in [-0.1, -0.05) is 0 Å². The van der Waals surface area contributed by atoms with E-state index in [4.69, 9.17) is 4.74 Å². The zero-order valence-corrected chi connectivity index (χ0v) is 12.8. The first-order valence-electron chi connectivity index (χ1n) is 7.17. The average Bonchev–Trinajstić information content (AvgIpc) is 3.08. The van der Waals surface area contributed by atoms with Gasteiger partial charge in [-0.15, -0.1) is 0 Å². The predicted octanol–water partition coefficient (Wildman–Crippen LogP) is -1.03. The Morgan fingerprint density at radius 2 is 2.04 bits per heavy atom. The Morgan fingerprint density at radius 3 is 2.70 bits per heavy atom. The molecule has 9 nitrogen and oxygen atoms in total. The maximum atomic E-state index is 10.1. The quantitative estimate of drug-likeness (QED) is 0.654. The van der Waals surface area contributed by atoms with Crippen LogP contribution in [0, 0.1) is 0 Å². The van der Waals surface area contributed by atoms with Gasteiger partial charge in [0.05, 0.1) is 18.6 Å². The second kappa shape index (κ2) is 6.20. The number of aliphatic hydroxyl groups is 3. The van der Waals surface area contributed by atoms with Crippen molar-refractivity contribution in [2.45, 2.75) is 24.5 Å². The molecule has 0 bridgehead atoms. The van der Waals surface area contributed by atoms with Gasteiger partial charge >= 0.3 is 0 Å². The molecule has 0 aliphatic carbocycles. The fourth-order valence-electron chi connectivity index (χ4n) is 2.51. The Morgan fingerprint density at radius 1 is 1.26 bits per heavy atom. The van der Waals surface area contributed by atoms with Gasteiger partial charge in [-0.25, -0.2) is 15.0 Å². The molecule has 1 fully saturated rings. The van der Waals surface area contributed by atoms with Crippen LogP contribution < -0.4 is 0 Å². The molecule has 2 aromatic rings. The third kappa shape index (κ3) is 2.79. The summed E-state index contributed by atoms with van der Waals surface area (Å²) in [7, 11) is 3.79. The number of fused-ring (bicyclic) bond motifs is 1. The number of nitrogens with zero attached hydrogens (tertiary/aromatic N) is 5. The molecule has 23 heavy (non-hydrogen) atoms. The lowest BCUT2D eigenvalue weighted by molar-refractivity contribution is -0.0511. The lowest BCUT2D eigenvalue weighted by Crippen LogP contribution is -2.33. The third-order valence-electron chi connectivity index (χ3n) is 3.71. The van der Waals surface area contributed by atoms with Gasteiger partial charge in [0, 0.05) is 20.3 Å². The van der Waals surface area contributed by atoms with Crippen molar-refractivity contribution in [1.29, 1.82) is 0 Å². The summed E-state index contributed by atoms with van der Waals surface area (Å²) in [4.78, 5) is 14.5. The lowest BCUT2D eigenvalue weighted by Gasteiger charge is -2.16. The van der Waals surface area contributed by atoms with Crippen LogP contribution in [-0.4, -0.2) is 78.8 Å². The molecule has 1 saturated heterocycles. The SMILES string of the molecule is CN(C)/C=C/c1ncnc2c1ncn2[C@@H]1O[C@H](CO)[C@@H](O)[C@H]1O. The fourth-order valence-corrected chi connectivity index (χ4v) is 2.51. The van der Waals surface area contributed by atoms with Crippen molar-refractivity contribution in [3.63, 3.8) is 0 Å². The highest BCUT2D eigenvalue weighted by molar-refractivity contribution is 5.79. The largest absolute Gasteiger partial charge is 0.394 e. The van der Waals surface area contributed by atoms with E-state index >= 15 is 0 Å². The van der Waals surface area contributed by atoms with Crippen molar-refractivity contribution in [3.8, 4) is 0 Å². The standard InChI is InChI=1S/C14H19N5O4/c1-18(2)4-3-8-10-13(16-6-15-8)19(7-17-10)14-12(22)11(21)9(5-20)23-14/h3-4,6-7,9,11-12,14,20-22H,5H2,1-2H3/b4-3+/t9-,11-,12-,14-/m1/s1. The van der Waals surface area contributed by atoms with Crippen LogP contribution in [0.4, 0.5) is 0 Å². The summed E-state index contributed by atoms with van der Waals surface area (Å²) in [6.45, 7) is -0.382. The monoisotopic (exact) mass is 321 g/mol. The predicted molar refractivity (Wildman–Crippen MR) is 81.1 cm³/mol. The zero-order chi connectivity index (χ0) is 16.6. The van der Waals surface area contributed by atoms with E-state index in [0.717, 1.165) is 0 Å². The van der Waals surface area contributed by atoms with E-state index in [0.29, 0.717) is 16.9 Å². The first kappa shape index (κ1) is 15.8. The molecule has 1 aliphatic heterocycles. The van der Waals surface area contributed by atoms with Crippen LogP contribution in [0.15, 0.2) is 18.9 Å². The van der Waals surface area contributed by atoms with E-state index in [9.17, 15) is 15.3 Å². The molecule has 3 heterocycles. The molecule has 1 aliphatic rings. The van der Waals surface area contributed by atoms with Gasteiger partial charge in [0.15, 0.2) is 11.9 Å². The van der Waals surface area contributed by atoms with Crippen LogP contribution in [0.5, 0.6) is 0 Å². The second-order valence-corrected chi connectivity index (χ2v) is 5.59. The molecule has 0 radical (unpaired) electrons. The van der Waals surface area contributed by atoms with Gasteiger partial charge in [0.2, 0.25) is 0 Å². The Hall–Kier alpha value is -2.07. The topological polar surface area (TPSA) is 117 Å². The number of ether oxygens (including phenoxy) is 1. The minimum Gasteiger partial charge on any atom is -0.394 e. The average molecular weight is 321 g/mol. The number of aliphatic hydroxyl groups excluding tert-OH is 3. The van der Waals surface area contributed by atoms with Gasteiger partial charge in [-0.2, -0.15) is 0 Å². The Labute approximate surface area is 132 Å². The van der Waals surface area contributed by atoms with Gasteiger partial charge < -0.3 is 25.0 Å². The molecule has 4 atom stereocenters. The molecule has 0 aromatic carbocycles. The molecule has 9 heteroatoms. The van der Waals surface area contributed by atoms with Crippen molar-refractivity contribution in [3.05, 3.63) is 24.5 Å². The first-order valence-corrected chi connectivity index (χ1v) is 7.17. The Balaban J connectivity index is 1.99. The van der Waals surface area contributed by atoms with Crippen LogP contribution in [0.25, 0.3) is 17.2 Å². The summed E-state index contributed by atoms with van der Waals surface area (Å²) in [5.41, 5.74) is 1.67. The summed E-state index contributed by atoms with van der Waals surface area (Å²) in [5.74, 6) is 0. The molecule has 0 saturated carbocycles. The van der Waals surface area contributed by atoms with Crippen molar-refractivity contribution >= 4 is 17.2 Å². The number of hydrogen-bond donors (Lipinski definition) is 3. The van der Waals surface area contributed by atoms with Crippen molar-refractivity contribution < 1.29 is 20.1 Å². The van der Waals surface area contributed by atoms with Gasteiger partial charge in [-0.05, 0) is 6.08 Å². The van der Waals surface area contributed by atoms with Crippen LogP contribution in [0.1, 0.15) is 11.9 Å². The smallest absolute Gasteiger partial charge is 0.166 e. The Bertz CT molecular complexity index is 716. The molecule has 2 aromatic heterocycles. The molecule has 0 amide bonds. The summed E-state index contributed by atoms with van der Waals surface area (Å²) in [6, 6.07) is 0. The number of hydrogen-bond acceptors (Lipinski definition) is 8. The molecule has 124 valence electrons. The number of aromatic nitrogens is 4. The summed E-state index contributed by atoms with van der Waals surface area (Å²) in [6.07, 6.45) is 2.46. The maximum Gasteiger partial charge on any atom is 0.166 e. The Kier molecular flexibility index (Phi) is 4.26. The van der Waals surface area contributed by atoms with E-state index in [2.05, 4.69) is 15.0 Å². The van der Waals surface area contributed by atoms with E-state index in [1.54, 1.807) is 6.08 Å². The molecule has 0 unspecified atom stereocenters. The minimum atomic E-state index is -1.18. The van der Waals surface area contributed by atoms with Gasteiger partial charge in [-0.3, -0.25) is 4.57 Å². The minimum absolute atomic E-state index is 0.382.